The molecular weight excluding hydrogens is 276 g/mol. The van der Waals surface area contributed by atoms with Crippen LogP contribution in [-0.2, 0) is 0 Å². The first-order chi connectivity index (χ1) is 8.17. The third kappa shape index (κ3) is 5.12. The van der Waals surface area contributed by atoms with Crippen LogP contribution in [0, 0.1) is 12.8 Å². The smallest absolute Gasteiger partial charge is 0.122 e. The summed E-state index contributed by atoms with van der Waals surface area (Å²) in [6, 6.07) is 6.18. The van der Waals surface area contributed by atoms with E-state index >= 15 is 0 Å². The van der Waals surface area contributed by atoms with Crippen LogP contribution < -0.4 is 4.74 Å². The van der Waals surface area contributed by atoms with Gasteiger partial charge in [0.25, 0.3) is 0 Å². The molecule has 1 aromatic rings. The molecule has 2 heteroatoms. The number of aryl methyl sites for hydroxylation is 1. The molecular formula is C15H23BrO. The third-order valence-electron chi connectivity index (χ3n) is 3.15. The van der Waals surface area contributed by atoms with E-state index < -0.39 is 0 Å². The fourth-order valence-electron chi connectivity index (χ4n) is 1.88. The lowest BCUT2D eigenvalue weighted by Gasteiger charge is -2.16. The maximum absolute atomic E-state index is 5.92. The van der Waals surface area contributed by atoms with Crippen molar-refractivity contribution < 1.29 is 4.74 Å². The lowest BCUT2D eigenvalue weighted by molar-refractivity contribution is 0.232. The largest absolute Gasteiger partial charge is 0.493 e. The molecule has 0 aromatic heterocycles. The standard InChI is InChI=1S/C15H23BrO/c1-4-6-7-13(5-2)11-17-15-9-8-14(16)10-12(15)3/h8-10,13H,4-7,11H2,1-3H3. The Morgan fingerprint density at radius 3 is 2.65 bits per heavy atom. The predicted octanol–water partition coefficient (Wildman–Crippen LogP) is 5.35. The number of unbranched alkanes of at least 4 members (excludes halogenated alkanes) is 1. The van der Waals surface area contributed by atoms with Crippen LogP contribution in [0.3, 0.4) is 0 Å². The van der Waals surface area contributed by atoms with E-state index in [2.05, 4.69) is 42.8 Å². The van der Waals surface area contributed by atoms with Crippen LogP contribution in [0.5, 0.6) is 5.75 Å². The molecule has 0 saturated heterocycles. The Kier molecular flexibility index (Phi) is 6.64. The summed E-state index contributed by atoms with van der Waals surface area (Å²) in [5.41, 5.74) is 1.20. The van der Waals surface area contributed by atoms with Gasteiger partial charge in [-0.05, 0) is 43.0 Å². The summed E-state index contributed by atoms with van der Waals surface area (Å²) < 4.78 is 7.03. The molecule has 0 bridgehead atoms. The fraction of sp³-hybridized carbons (Fsp3) is 0.600. The average molecular weight is 299 g/mol. The van der Waals surface area contributed by atoms with Crippen LogP contribution >= 0.6 is 15.9 Å². The molecule has 0 aliphatic carbocycles. The Morgan fingerprint density at radius 2 is 2.06 bits per heavy atom. The second-order valence-corrected chi connectivity index (χ2v) is 5.55. The van der Waals surface area contributed by atoms with Gasteiger partial charge in [0.05, 0.1) is 6.61 Å². The Hall–Kier alpha value is -0.500. The van der Waals surface area contributed by atoms with Crippen molar-refractivity contribution in [3.63, 3.8) is 0 Å². The van der Waals surface area contributed by atoms with E-state index in [1.165, 1.54) is 31.2 Å². The van der Waals surface area contributed by atoms with Gasteiger partial charge in [0.15, 0.2) is 0 Å². The van der Waals surface area contributed by atoms with Crippen LogP contribution in [0.2, 0.25) is 0 Å². The van der Waals surface area contributed by atoms with E-state index in [4.69, 9.17) is 4.74 Å². The zero-order chi connectivity index (χ0) is 12.7. The predicted molar refractivity (Wildman–Crippen MR) is 77.7 cm³/mol. The van der Waals surface area contributed by atoms with Gasteiger partial charge in [-0.3, -0.25) is 0 Å². The maximum atomic E-state index is 5.92. The molecule has 96 valence electrons. The Morgan fingerprint density at radius 1 is 1.29 bits per heavy atom. The Balaban J connectivity index is 2.47. The summed E-state index contributed by atoms with van der Waals surface area (Å²) in [5, 5.41) is 0. The van der Waals surface area contributed by atoms with E-state index in [9.17, 15) is 0 Å². The molecule has 1 aromatic carbocycles. The molecule has 0 amide bonds. The average Bonchev–Trinajstić information content (AvgIpc) is 2.31. The van der Waals surface area contributed by atoms with Crippen molar-refractivity contribution in [1.29, 1.82) is 0 Å². The number of ether oxygens (including phenoxy) is 1. The van der Waals surface area contributed by atoms with Crippen molar-refractivity contribution in [3.05, 3.63) is 28.2 Å². The second-order valence-electron chi connectivity index (χ2n) is 4.64. The van der Waals surface area contributed by atoms with Crippen molar-refractivity contribution in [3.8, 4) is 5.75 Å². The minimum Gasteiger partial charge on any atom is -0.493 e. The van der Waals surface area contributed by atoms with Gasteiger partial charge in [0.1, 0.15) is 5.75 Å². The highest BCUT2D eigenvalue weighted by Crippen LogP contribution is 2.23. The van der Waals surface area contributed by atoms with Gasteiger partial charge in [-0.15, -0.1) is 0 Å². The minimum atomic E-state index is 0.693. The highest BCUT2D eigenvalue weighted by Gasteiger charge is 2.08. The van der Waals surface area contributed by atoms with Gasteiger partial charge in [0.2, 0.25) is 0 Å². The molecule has 0 heterocycles. The highest BCUT2D eigenvalue weighted by atomic mass is 79.9. The maximum Gasteiger partial charge on any atom is 0.122 e. The van der Waals surface area contributed by atoms with Crippen LogP contribution in [0.25, 0.3) is 0 Å². The van der Waals surface area contributed by atoms with Gasteiger partial charge < -0.3 is 4.74 Å². The van der Waals surface area contributed by atoms with E-state index in [0.29, 0.717) is 5.92 Å². The number of benzene rings is 1. The fourth-order valence-corrected chi connectivity index (χ4v) is 2.36. The summed E-state index contributed by atoms with van der Waals surface area (Å²) in [5.74, 6) is 1.71. The van der Waals surface area contributed by atoms with Crippen LogP contribution in [-0.4, -0.2) is 6.61 Å². The molecule has 1 nitrogen and oxygen atoms in total. The zero-order valence-electron chi connectivity index (χ0n) is 11.1. The van der Waals surface area contributed by atoms with Crippen LogP contribution in [0.1, 0.15) is 45.1 Å². The van der Waals surface area contributed by atoms with Crippen molar-refractivity contribution in [2.75, 3.05) is 6.61 Å². The summed E-state index contributed by atoms with van der Waals surface area (Å²) >= 11 is 3.47. The first kappa shape index (κ1) is 14.6. The topological polar surface area (TPSA) is 9.23 Å². The molecule has 1 rings (SSSR count). The van der Waals surface area contributed by atoms with Crippen molar-refractivity contribution >= 4 is 15.9 Å². The lowest BCUT2D eigenvalue weighted by atomic mass is 10.0. The van der Waals surface area contributed by atoms with E-state index in [1.54, 1.807) is 0 Å². The summed E-state index contributed by atoms with van der Waals surface area (Å²) in [6.07, 6.45) is 5.06. The van der Waals surface area contributed by atoms with Gasteiger partial charge in [0, 0.05) is 4.47 Å². The molecule has 0 spiro atoms. The minimum absolute atomic E-state index is 0.693. The molecule has 0 saturated carbocycles. The van der Waals surface area contributed by atoms with Crippen molar-refractivity contribution in [2.24, 2.45) is 5.92 Å². The quantitative estimate of drug-likeness (QED) is 0.659. The molecule has 0 aliphatic rings. The van der Waals surface area contributed by atoms with Gasteiger partial charge in [-0.25, -0.2) is 0 Å². The van der Waals surface area contributed by atoms with Gasteiger partial charge >= 0.3 is 0 Å². The number of hydrogen-bond acceptors (Lipinski definition) is 1. The highest BCUT2D eigenvalue weighted by molar-refractivity contribution is 9.10. The van der Waals surface area contributed by atoms with E-state index in [0.717, 1.165) is 16.8 Å². The third-order valence-corrected chi connectivity index (χ3v) is 3.65. The molecule has 0 fully saturated rings. The first-order valence-corrected chi connectivity index (χ1v) is 7.35. The summed E-state index contributed by atoms with van der Waals surface area (Å²) in [6.45, 7) is 7.43. The first-order valence-electron chi connectivity index (χ1n) is 6.56. The summed E-state index contributed by atoms with van der Waals surface area (Å²) in [7, 11) is 0. The molecule has 1 unspecified atom stereocenters. The summed E-state index contributed by atoms with van der Waals surface area (Å²) in [4.78, 5) is 0. The number of halogens is 1. The van der Waals surface area contributed by atoms with Gasteiger partial charge in [-0.1, -0.05) is 49.0 Å². The van der Waals surface area contributed by atoms with Crippen LogP contribution in [0.4, 0.5) is 0 Å². The second kappa shape index (κ2) is 7.75. The zero-order valence-corrected chi connectivity index (χ0v) is 12.7. The Labute approximate surface area is 114 Å². The van der Waals surface area contributed by atoms with E-state index in [1.807, 2.05) is 12.1 Å². The molecule has 1 atom stereocenters. The number of hydrogen-bond donors (Lipinski definition) is 0. The van der Waals surface area contributed by atoms with Crippen LogP contribution in [0.15, 0.2) is 22.7 Å². The van der Waals surface area contributed by atoms with Crippen molar-refractivity contribution in [1.82, 2.24) is 0 Å². The molecule has 0 radical (unpaired) electrons. The SMILES string of the molecule is CCCCC(CC)COc1ccc(Br)cc1C. The monoisotopic (exact) mass is 298 g/mol. The van der Waals surface area contributed by atoms with Gasteiger partial charge in [-0.2, -0.15) is 0 Å². The molecule has 17 heavy (non-hydrogen) atoms. The molecule has 0 aliphatic heterocycles. The lowest BCUT2D eigenvalue weighted by Crippen LogP contribution is -2.11. The van der Waals surface area contributed by atoms with Crippen molar-refractivity contribution in [2.45, 2.75) is 46.5 Å². The van der Waals surface area contributed by atoms with E-state index in [-0.39, 0.29) is 0 Å². The molecule has 0 N–H and O–H groups in total. The number of rotatable bonds is 7. The Bertz CT molecular complexity index is 336. The normalized spacial score (nSPS) is 12.5.